The molecule has 1 aromatic carbocycles. The molecule has 0 saturated carbocycles. The van der Waals surface area contributed by atoms with Gasteiger partial charge in [-0.1, -0.05) is 13.8 Å². The van der Waals surface area contributed by atoms with E-state index in [-0.39, 0.29) is 11.7 Å². The lowest BCUT2D eigenvalue weighted by molar-refractivity contribution is 0.351. The molecule has 0 spiro atoms. The van der Waals surface area contributed by atoms with E-state index >= 15 is 0 Å². The number of amidine groups is 1. The lowest BCUT2D eigenvalue weighted by Gasteiger charge is -2.25. The Balaban J connectivity index is 2.21. The van der Waals surface area contributed by atoms with Gasteiger partial charge in [0.1, 0.15) is 11.7 Å². The van der Waals surface area contributed by atoms with Crippen LogP contribution in [-0.2, 0) is 0 Å². The van der Waals surface area contributed by atoms with Gasteiger partial charge in [0.2, 0.25) is 0 Å². The van der Waals surface area contributed by atoms with E-state index < -0.39 is 0 Å². The van der Waals surface area contributed by atoms with Crippen molar-refractivity contribution in [3.8, 4) is 0 Å². The van der Waals surface area contributed by atoms with Gasteiger partial charge >= 0.3 is 0 Å². The molecule has 0 aliphatic carbocycles. The number of anilines is 1. The molecule has 1 heterocycles. The van der Waals surface area contributed by atoms with Crippen molar-refractivity contribution < 1.29 is 4.39 Å². The van der Waals surface area contributed by atoms with Crippen molar-refractivity contribution in [2.75, 3.05) is 18.0 Å². The zero-order valence-electron chi connectivity index (χ0n) is 12.3. The monoisotopic (exact) mass is 277 g/mol. The number of benzene rings is 1. The molecule has 1 aliphatic rings. The number of nitrogens with zero attached hydrogens (tertiary/aromatic N) is 1. The van der Waals surface area contributed by atoms with E-state index in [2.05, 4.69) is 18.7 Å². The first-order valence-electron chi connectivity index (χ1n) is 7.38. The average molecular weight is 277 g/mol. The van der Waals surface area contributed by atoms with Crippen molar-refractivity contribution >= 4 is 11.5 Å². The molecule has 1 aliphatic heterocycles. The Labute approximate surface area is 120 Å². The van der Waals surface area contributed by atoms with E-state index in [0.29, 0.717) is 11.5 Å². The number of halogens is 1. The average Bonchev–Trinajstić information content (AvgIpc) is 2.64. The van der Waals surface area contributed by atoms with Crippen molar-refractivity contribution in [3.05, 3.63) is 29.6 Å². The van der Waals surface area contributed by atoms with Crippen LogP contribution in [0.1, 0.15) is 38.7 Å². The van der Waals surface area contributed by atoms with E-state index in [1.165, 1.54) is 18.6 Å². The van der Waals surface area contributed by atoms with Crippen LogP contribution in [0.15, 0.2) is 18.2 Å². The molecule has 0 bridgehead atoms. The van der Waals surface area contributed by atoms with Gasteiger partial charge in [-0.3, -0.25) is 5.41 Å². The molecule has 3 N–H and O–H groups in total. The molecule has 20 heavy (non-hydrogen) atoms. The Bertz CT molecular complexity index is 485. The largest absolute Gasteiger partial charge is 0.384 e. The summed E-state index contributed by atoms with van der Waals surface area (Å²) in [4.78, 5) is 2.25. The third-order valence-electron chi connectivity index (χ3n) is 4.31. The highest BCUT2D eigenvalue weighted by Crippen LogP contribution is 2.29. The maximum atomic E-state index is 13.4. The van der Waals surface area contributed by atoms with Gasteiger partial charge in [0.15, 0.2) is 0 Å². The Morgan fingerprint density at radius 1 is 1.35 bits per heavy atom. The van der Waals surface area contributed by atoms with Crippen LogP contribution in [0, 0.1) is 23.1 Å². The summed E-state index contributed by atoms with van der Waals surface area (Å²) < 4.78 is 13.4. The summed E-state index contributed by atoms with van der Waals surface area (Å²) in [5, 5.41) is 7.64. The topological polar surface area (TPSA) is 53.1 Å². The molecular formula is C16H24FN3. The second kappa shape index (κ2) is 6.25. The Hall–Kier alpha value is -1.58. The first-order chi connectivity index (χ1) is 9.49. The minimum Gasteiger partial charge on any atom is -0.384 e. The molecule has 1 unspecified atom stereocenters. The minimum atomic E-state index is -0.339. The molecule has 0 aromatic heterocycles. The highest BCUT2D eigenvalue weighted by atomic mass is 19.1. The van der Waals surface area contributed by atoms with Gasteiger partial charge in [0.25, 0.3) is 0 Å². The Morgan fingerprint density at radius 2 is 2.10 bits per heavy atom. The number of nitrogen functional groups attached to an aromatic ring is 1. The summed E-state index contributed by atoms with van der Waals surface area (Å²) in [7, 11) is 0. The van der Waals surface area contributed by atoms with Crippen LogP contribution in [0.5, 0.6) is 0 Å². The predicted molar refractivity (Wildman–Crippen MR) is 81.8 cm³/mol. The molecule has 2 rings (SSSR count). The van der Waals surface area contributed by atoms with Crippen molar-refractivity contribution in [2.24, 2.45) is 17.6 Å². The van der Waals surface area contributed by atoms with Gasteiger partial charge in [-0.15, -0.1) is 0 Å². The zero-order chi connectivity index (χ0) is 14.7. The molecule has 0 amide bonds. The fraction of sp³-hybridized carbons (Fsp3) is 0.562. The first-order valence-corrected chi connectivity index (χ1v) is 7.38. The number of nitrogens with two attached hydrogens (primary N) is 1. The smallest absolute Gasteiger partial charge is 0.125 e. The molecular weight excluding hydrogens is 253 g/mol. The van der Waals surface area contributed by atoms with Gasteiger partial charge < -0.3 is 10.6 Å². The Kier molecular flexibility index (Phi) is 4.63. The van der Waals surface area contributed by atoms with Crippen LogP contribution in [0.2, 0.25) is 0 Å². The first kappa shape index (κ1) is 14.8. The summed E-state index contributed by atoms with van der Waals surface area (Å²) in [6.07, 6.45) is 3.52. The molecule has 3 nitrogen and oxygen atoms in total. The second-order valence-electron chi connectivity index (χ2n) is 6.00. The van der Waals surface area contributed by atoms with E-state index in [0.717, 1.165) is 37.5 Å². The summed E-state index contributed by atoms with van der Waals surface area (Å²) in [6.45, 7) is 6.46. The van der Waals surface area contributed by atoms with Crippen LogP contribution in [0.4, 0.5) is 10.1 Å². The fourth-order valence-electron chi connectivity index (χ4n) is 3.03. The molecule has 0 radical (unpaired) electrons. The standard InChI is InChI=1S/C16H24FN3/c1-11(2)12-4-3-8-20(9-7-12)15-6-5-13(17)10-14(15)16(18)19/h5-6,10-12H,3-4,7-9H2,1-2H3,(H3,18,19). The van der Waals surface area contributed by atoms with E-state index in [4.69, 9.17) is 11.1 Å². The molecule has 4 heteroatoms. The normalized spacial score (nSPS) is 20.0. The SMILES string of the molecule is CC(C)C1CCCN(c2ccc(F)cc2C(=N)N)CC1. The van der Waals surface area contributed by atoms with Crippen molar-refractivity contribution in [2.45, 2.75) is 33.1 Å². The third kappa shape index (κ3) is 3.30. The molecule has 1 aromatic rings. The van der Waals surface area contributed by atoms with Gasteiger partial charge in [-0.25, -0.2) is 4.39 Å². The molecule has 1 saturated heterocycles. The maximum absolute atomic E-state index is 13.4. The summed E-state index contributed by atoms with van der Waals surface area (Å²) >= 11 is 0. The van der Waals surface area contributed by atoms with Gasteiger partial charge in [-0.2, -0.15) is 0 Å². The van der Waals surface area contributed by atoms with Crippen LogP contribution < -0.4 is 10.6 Å². The van der Waals surface area contributed by atoms with Gasteiger partial charge in [-0.05, 0) is 49.3 Å². The van der Waals surface area contributed by atoms with Crippen LogP contribution in [0.3, 0.4) is 0 Å². The van der Waals surface area contributed by atoms with E-state index in [1.807, 2.05) is 0 Å². The van der Waals surface area contributed by atoms with Gasteiger partial charge in [0, 0.05) is 24.3 Å². The number of nitrogens with one attached hydrogen (secondary N) is 1. The van der Waals surface area contributed by atoms with Crippen LogP contribution >= 0.6 is 0 Å². The van der Waals surface area contributed by atoms with Crippen LogP contribution in [0.25, 0.3) is 0 Å². The van der Waals surface area contributed by atoms with Gasteiger partial charge in [0.05, 0.1) is 0 Å². The lowest BCUT2D eigenvalue weighted by Crippen LogP contribution is -2.27. The number of hydrogen-bond donors (Lipinski definition) is 2. The summed E-state index contributed by atoms with van der Waals surface area (Å²) in [6, 6.07) is 4.57. The summed E-state index contributed by atoms with van der Waals surface area (Å²) in [5.74, 6) is 1.05. The van der Waals surface area contributed by atoms with Crippen molar-refractivity contribution in [1.29, 1.82) is 5.41 Å². The number of hydrogen-bond acceptors (Lipinski definition) is 2. The molecule has 110 valence electrons. The Morgan fingerprint density at radius 3 is 2.75 bits per heavy atom. The predicted octanol–water partition coefficient (Wildman–Crippen LogP) is 3.37. The summed E-state index contributed by atoms with van der Waals surface area (Å²) in [5.41, 5.74) is 6.99. The zero-order valence-corrected chi connectivity index (χ0v) is 12.3. The fourth-order valence-corrected chi connectivity index (χ4v) is 3.03. The second-order valence-corrected chi connectivity index (χ2v) is 6.00. The minimum absolute atomic E-state index is 0.0656. The third-order valence-corrected chi connectivity index (χ3v) is 4.31. The molecule has 1 atom stereocenters. The van der Waals surface area contributed by atoms with E-state index in [9.17, 15) is 4.39 Å². The highest BCUT2D eigenvalue weighted by molar-refractivity contribution is 6.00. The van der Waals surface area contributed by atoms with E-state index in [1.54, 1.807) is 6.07 Å². The van der Waals surface area contributed by atoms with Crippen molar-refractivity contribution in [1.82, 2.24) is 0 Å². The maximum Gasteiger partial charge on any atom is 0.125 e. The van der Waals surface area contributed by atoms with Crippen molar-refractivity contribution in [3.63, 3.8) is 0 Å². The van der Waals surface area contributed by atoms with Crippen LogP contribution in [-0.4, -0.2) is 18.9 Å². The number of rotatable bonds is 3. The molecule has 1 fully saturated rings. The lowest BCUT2D eigenvalue weighted by atomic mass is 9.89. The highest BCUT2D eigenvalue weighted by Gasteiger charge is 2.21. The quantitative estimate of drug-likeness (QED) is 0.657.